The number of hydrogen-bond acceptors (Lipinski definition) is 5. The Kier molecular flexibility index (Phi) is 6.56. The smallest absolute Gasteiger partial charge is 0.244 e. The van der Waals surface area contributed by atoms with Gasteiger partial charge in [0.2, 0.25) is 10.0 Å². The molecule has 0 aliphatic rings. The summed E-state index contributed by atoms with van der Waals surface area (Å²) in [4.78, 5) is 4.09. The van der Waals surface area contributed by atoms with Gasteiger partial charge in [0.1, 0.15) is 16.4 Å². The van der Waals surface area contributed by atoms with Crippen molar-refractivity contribution in [3.8, 4) is 17.2 Å². The van der Waals surface area contributed by atoms with E-state index in [0.29, 0.717) is 24.7 Å². The second kappa shape index (κ2) is 9.11. The molecule has 3 rings (SSSR count). The number of nitrogens with zero attached hydrogens (tertiary/aromatic N) is 2. The first kappa shape index (κ1) is 20.9. The fourth-order valence-corrected chi connectivity index (χ4v) is 4.33. The third kappa shape index (κ3) is 4.96. The van der Waals surface area contributed by atoms with Crippen molar-refractivity contribution in [3.05, 3.63) is 66.7 Å². The van der Waals surface area contributed by atoms with Crippen molar-refractivity contribution in [3.63, 3.8) is 0 Å². The summed E-state index contributed by atoms with van der Waals surface area (Å²) in [6, 6.07) is 12.0. The van der Waals surface area contributed by atoms with Gasteiger partial charge >= 0.3 is 0 Å². The molecular formula is C21H25N3O4S. The molecular weight excluding hydrogens is 390 g/mol. The zero-order chi connectivity index (χ0) is 20.9. The van der Waals surface area contributed by atoms with Crippen molar-refractivity contribution in [1.82, 2.24) is 14.3 Å². The highest BCUT2D eigenvalue weighted by Crippen LogP contribution is 2.30. The van der Waals surface area contributed by atoms with Crippen molar-refractivity contribution >= 4 is 10.0 Å². The monoisotopic (exact) mass is 415 g/mol. The molecule has 8 heteroatoms. The minimum absolute atomic E-state index is 0.0622. The lowest BCUT2D eigenvalue weighted by Gasteiger charge is -2.18. The summed E-state index contributed by atoms with van der Waals surface area (Å²) in [5.41, 5.74) is 1.79. The summed E-state index contributed by atoms with van der Waals surface area (Å²) in [6.45, 7) is 6.27. The Hall–Kier alpha value is -2.84. The first-order chi connectivity index (χ1) is 13.9. The summed E-state index contributed by atoms with van der Waals surface area (Å²) >= 11 is 0. The molecule has 2 aromatic carbocycles. The minimum atomic E-state index is -3.82. The molecule has 1 aromatic heterocycles. The van der Waals surface area contributed by atoms with Gasteiger partial charge in [0.05, 0.1) is 19.5 Å². The van der Waals surface area contributed by atoms with Crippen LogP contribution < -0.4 is 14.2 Å². The summed E-state index contributed by atoms with van der Waals surface area (Å²) in [5, 5.41) is 0. The van der Waals surface area contributed by atoms with Crippen LogP contribution in [0.2, 0.25) is 0 Å². The molecule has 0 saturated heterocycles. The van der Waals surface area contributed by atoms with Gasteiger partial charge < -0.3 is 14.0 Å². The van der Waals surface area contributed by atoms with E-state index in [1.807, 2.05) is 48.9 Å². The van der Waals surface area contributed by atoms with E-state index in [1.54, 1.807) is 31.6 Å². The van der Waals surface area contributed by atoms with Crippen LogP contribution >= 0.6 is 0 Å². The Labute approximate surface area is 171 Å². The molecule has 29 heavy (non-hydrogen) atoms. The van der Waals surface area contributed by atoms with Crippen LogP contribution in [0.15, 0.2) is 66.1 Å². The maximum absolute atomic E-state index is 13.1. The van der Waals surface area contributed by atoms with E-state index in [0.717, 1.165) is 11.3 Å². The molecule has 0 amide bonds. The van der Waals surface area contributed by atoms with Gasteiger partial charge in [-0.15, -0.1) is 0 Å². The van der Waals surface area contributed by atoms with Crippen LogP contribution in [0.3, 0.4) is 0 Å². The van der Waals surface area contributed by atoms with Crippen LogP contribution in [0.5, 0.6) is 11.5 Å². The molecule has 0 fully saturated rings. The summed E-state index contributed by atoms with van der Waals surface area (Å²) in [5.74, 6) is 0.778. The van der Waals surface area contributed by atoms with E-state index in [4.69, 9.17) is 9.47 Å². The minimum Gasteiger partial charge on any atom is -0.494 e. The van der Waals surface area contributed by atoms with E-state index in [1.165, 1.54) is 6.07 Å². The maximum atomic E-state index is 13.1. The summed E-state index contributed by atoms with van der Waals surface area (Å²) in [6.07, 6.45) is 5.26. The second-order valence-electron chi connectivity index (χ2n) is 6.38. The van der Waals surface area contributed by atoms with Gasteiger partial charge in [0, 0.05) is 30.2 Å². The Morgan fingerprint density at radius 1 is 1.07 bits per heavy atom. The number of rotatable bonds is 9. The highest BCUT2D eigenvalue weighted by Gasteiger charge is 2.23. The second-order valence-corrected chi connectivity index (χ2v) is 8.06. The predicted molar refractivity (Wildman–Crippen MR) is 111 cm³/mol. The van der Waals surface area contributed by atoms with Gasteiger partial charge in [0.15, 0.2) is 0 Å². The topological polar surface area (TPSA) is 82.5 Å². The van der Waals surface area contributed by atoms with E-state index >= 15 is 0 Å². The molecule has 0 radical (unpaired) electrons. The van der Waals surface area contributed by atoms with Crippen molar-refractivity contribution < 1.29 is 17.9 Å². The third-order valence-corrected chi connectivity index (χ3v) is 5.91. The number of imidazole rings is 1. The highest BCUT2D eigenvalue weighted by molar-refractivity contribution is 7.89. The Balaban J connectivity index is 1.83. The Morgan fingerprint density at radius 2 is 1.79 bits per heavy atom. The molecule has 0 aliphatic heterocycles. The number of hydrogen-bond donors (Lipinski definition) is 1. The fourth-order valence-electron chi connectivity index (χ4n) is 2.94. The number of aromatic nitrogens is 2. The van der Waals surface area contributed by atoms with Crippen molar-refractivity contribution in [2.45, 2.75) is 31.7 Å². The molecule has 1 atom stereocenters. The molecule has 0 saturated carbocycles. The number of ether oxygens (including phenoxy) is 2. The lowest BCUT2D eigenvalue weighted by atomic mass is 10.1. The van der Waals surface area contributed by atoms with E-state index in [-0.39, 0.29) is 4.90 Å². The van der Waals surface area contributed by atoms with E-state index < -0.39 is 16.1 Å². The number of nitrogens with one attached hydrogen (secondary N) is 1. The zero-order valence-corrected chi connectivity index (χ0v) is 17.5. The molecule has 7 nitrogen and oxygen atoms in total. The lowest BCUT2D eigenvalue weighted by molar-refractivity contribution is 0.322. The molecule has 1 heterocycles. The average molecular weight is 416 g/mol. The van der Waals surface area contributed by atoms with Crippen molar-refractivity contribution in [1.29, 1.82) is 0 Å². The van der Waals surface area contributed by atoms with Gasteiger partial charge in [0.25, 0.3) is 0 Å². The van der Waals surface area contributed by atoms with E-state index in [9.17, 15) is 8.42 Å². The first-order valence-electron chi connectivity index (χ1n) is 9.45. The molecule has 0 aliphatic carbocycles. The SMILES string of the molecule is CCOc1ccc(OCC)c(S(=O)(=O)N[C@H](C)c2ccc(-n3ccnc3)cc2)c1. The molecule has 1 N–H and O–H groups in total. The highest BCUT2D eigenvalue weighted by atomic mass is 32.2. The lowest BCUT2D eigenvalue weighted by Crippen LogP contribution is -2.27. The third-order valence-electron chi connectivity index (χ3n) is 4.34. The van der Waals surface area contributed by atoms with Gasteiger partial charge in [-0.1, -0.05) is 12.1 Å². The fraction of sp³-hybridized carbons (Fsp3) is 0.286. The molecule has 0 unspecified atom stereocenters. The summed E-state index contributed by atoms with van der Waals surface area (Å²) < 4.78 is 41.7. The summed E-state index contributed by atoms with van der Waals surface area (Å²) in [7, 11) is -3.82. The van der Waals surface area contributed by atoms with Crippen molar-refractivity contribution in [2.75, 3.05) is 13.2 Å². The predicted octanol–water partition coefficient (Wildman–Crippen LogP) is 3.71. The van der Waals surface area contributed by atoms with E-state index in [2.05, 4.69) is 9.71 Å². The van der Waals surface area contributed by atoms with Crippen LogP contribution in [-0.2, 0) is 10.0 Å². The molecule has 0 bridgehead atoms. The van der Waals surface area contributed by atoms with Crippen molar-refractivity contribution in [2.24, 2.45) is 0 Å². The van der Waals surface area contributed by atoms with Crippen LogP contribution in [0, 0.1) is 0 Å². The molecule has 154 valence electrons. The quantitative estimate of drug-likeness (QED) is 0.576. The van der Waals surface area contributed by atoms with Gasteiger partial charge in [-0.05, 0) is 50.6 Å². The standard InChI is InChI=1S/C21H25N3O4S/c1-4-27-19-10-11-20(28-5-2)21(14-19)29(25,26)23-16(3)17-6-8-18(9-7-17)24-13-12-22-15-24/h6-16,23H,4-5H2,1-3H3/t16-/m1/s1. The van der Waals surface area contributed by atoms with Gasteiger partial charge in [-0.2, -0.15) is 0 Å². The number of benzene rings is 2. The molecule has 0 spiro atoms. The van der Waals surface area contributed by atoms with Crippen LogP contribution in [0.1, 0.15) is 32.4 Å². The average Bonchev–Trinajstić information content (AvgIpc) is 3.24. The Bertz CT molecular complexity index is 1030. The largest absolute Gasteiger partial charge is 0.494 e. The van der Waals surface area contributed by atoms with Gasteiger partial charge in [-0.3, -0.25) is 0 Å². The number of sulfonamides is 1. The first-order valence-corrected chi connectivity index (χ1v) is 10.9. The normalized spacial score (nSPS) is 12.5. The van der Waals surface area contributed by atoms with Crippen LogP contribution in [0.4, 0.5) is 0 Å². The van der Waals surface area contributed by atoms with Gasteiger partial charge in [-0.25, -0.2) is 18.1 Å². The maximum Gasteiger partial charge on any atom is 0.244 e. The van der Waals surface area contributed by atoms with Crippen LogP contribution in [0.25, 0.3) is 5.69 Å². The Morgan fingerprint density at radius 3 is 2.41 bits per heavy atom. The zero-order valence-electron chi connectivity index (χ0n) is 16.7. The van der Waals surface area contributed by atoms with Crippen LogP contribution in [-0.4, -0.2) is 31.2 Å². The molecule has 3 aromatic rings.